The molecule has 20 heavy (non-hydrogen) atoms. The van der Waals surface area contributed by atoms with E-state index < -0.39 is 0 Å². The lowest BCUT2D eigenvalue weighted by molar-refractivity contribution is 0.548. The first-order chi connectivity index (χ1) is 9.43. The fourth-order valence-corrected chi connectivity index (χ4v) is 3.33. The van der Waals surface area contributed by atoms with E-state index in [1.807, 2.05) is 13.0 Å². The highest BCUT2D eigenvalue weighted by molar-refractivity contribution is 14.1. The van der Waals surface area contributed by atoms with Gasteiger partial charge in [-0.2, -0.15) is 0 Å². The van der Waals surface area contributed by atoms with Crippen molar-refractivity contribution < 1.29 is 4.42 Å². The van der Waals surface area contributed by atoms with Crippen molar-refractivity contribution in [2.45, 2.75) is 26.7 Å². The van der Waals surface area contributed by atoms with Crippen molar-refractivity contribution in [1.29, 1.82) is 0 Å². The molecule has 2 aromatic heterocycles. The average Bonchev–Trinajstić information content (AvgIpc) is 2.72. The van der Waals surface area contributed by atoms with Gasteiger partial charge in [0, 0.05) is 12.6 Å². The molecule has 2 heterocycles. The monoisotopic (exact) mass is 513 g/mol. The van der Waals surface area contributed by atoms with Gasteiger partial charge in [-0.05, 0) is 67.3 Å². The van der Waals surface area contributed by atoms with Crippen molar-refractivity contribution in [3.05, 3.63) is 24.5 Å². The molecule has 2 rings (SSSR count). The first-order valence-electron chi connectivity index (χ1n) is 6.20. The van der Waals surface area contributed by atoms with E-state index in [0.717, 1.165) is 26.1 Å². The lowest BCUT2D eigenvalue weighted by Gasteiger charge is -2.13. The van der Waals surface area contributed by atoms with Gasteiger partial charge in [-0.15, -0.1) is 0 Å². The maximum atomic E-state index is 5.62. The van der Waals surface area contributed by atoms with Crippen LogP contribution in [-0.4, -0.2) is 16.5 Å². The van der Waals surface area contributed by atoms with Gasteiger partial charge in [0.25, 0.3) is 0 Å². The first kappa shape index (κ1) is 16.2. The molecule has 0 saturated carbocycles. The van der Waals surface area contributed by atoms with Gasteiger partial charge in [0.2, 0.25) is 0 Å². The summed E-state index contributed by atoms with van der Waals surface area (Å²) in [6.07, 6.45) is 0. The number of nitrogens with zero attached hydrogens (tertiary/aromatic N) is 2. The van der Waals surface area contributed by atoms with Crippen LogP contribution in [0.15, 0.2) is 19.6 Å². The molecular weight excluding hydrogens is 501 g/mol. The quantitative estimate of drug-likeness (QED) is 0.553. The first-order valence-corrected chi connectivity index (χ1v) is 8.87. The standard InChI is InChI=1S/C13H14Br2IN3O/c1-4-17-13-9(16)10(6(2)3)18-12(19-13)8-5-7(14)11(15)20-8/h5-6H,4H2,1-3H3,(H,17,18,19). The number of rotatable bonds is 4. The maximum Gasteiger partial charge on any atom is 0.198 e. The molecule has 0 aliphatic carbocycles. The van der Waals surface area contributed by atoms with Crippen molar-refractivity contribution in [2.24, 2.45) is 0 Å². The molecule has 0 unspecified atom stereocenters. The topological polar surface area (TPSA) is 51.0 Å². The van der Waals surface area contributed by atoms with E-state index in [1.165, 1.54) is 0 Å². The molecule has 0 atom stereocenters. The third-order valence-electron chi connectivity index (χ3n) is 2.63. The zero-order valence-corrected chi connectivity index (χ0v) is 16.6. The second-order valence-corrected chi connectivity index (χ2v) is 7.17. The largest absolute Gasteiger partial charge is 0.445 e. The Kier molecular flexibility index (Phi) is 5.47. The van der Waals surface area contributed by atoms with Gasteiger partial charge in [-0.3, -0.25) is 0 Å². The molecule has 0 amide bonds. The van der Waals surface area contributed by atoms with E-state index >= 15 is 0 Å². The Morgan fingerprint density at radius 1 is 1.35 bits per heavy atom. The molecule has 4 nitrogen and oxygen atoms in total. The molecule has 7 heteroatoms. The van der Waals surface area contributed by atoms with Crippen LogP contribution < -0.4 is 5.32 Å². The molecule has 0 aliphatic heterocycles. The molecule has 0 saturated heterocycles. The number of aromatic nitrogens is 2. The van der Waals surface area contributed by atoms with Crippen LogP contribution in [0.2, 0.25) is 0 Å². The lowest BCUT2D eigenvalue weighted by Crippen LogP contribution is -2.08. The molecular formula is C13H14Br2IN3O. The molecule has 1 N–H and O–H groups in total. The van der Waals surface area contributed by atoms with E-state index in [4.69, 9.17) is 4.42 Å². The third kappa shape index (κ3) is 3.36. The van der Waals surface area contributed by atoms with Gasteiger partial charge in [0.1, 0.15) is 5.82 Å². The van der Waals surface area contributed by atoms with Crippen molar-refractivity contribution in [3.8, 4) is 11.6 Å². The highest BCUT2D eigenvalue weighted by Gasteiger charge is 2.18. The molecule has 0 radical (unpaired) electrons. The summed E-state index contributed by atoms with van der Waals surface area (Å²) in [5.41, 5.74) is 1.02. The van der Waals surface area contributed by atoms with Crippen LogP contribution in [0.25, 0.3) is 11.6 Å². The second-order valence-electron chi connectivity index (χ2n) is 4.51. The number of nitrogens with one attached hydrogen (secondary N) is 1. The van der Waals surface area contributed by atoms with Gasteiger partial charge >= 0.3 is 0 Å². The summed E-state index contributed by atoms with van der Waals surface area (Å²) in [5.74, 6) is 2.41. The molecule has 108 valence electrons. The number of hydrogen-bond acceptors (Lipinski definition) is 4. The molecule has 0 bridgehead atoms. The Morgan fingerprint density at radius 2 is 2.05 bits per heavy atom. The molecule has 0 aliphatic rings. The smallest absolute Gasteiger partial charge is 0.198 e. The summed E-state index contributed by atoms with van der Waals surface area (Å²) in [4.78, 5) is 9.21. The predicted molar refractivity (Wildman–Crippen MR) is 96.1 cm³/mol. The molecule has 0 fully saturated rings. The Morgan fingerprint density at radius 3 is 2.55 bits per heavy atom. The van der Waals surface area contributed by atoms with E-state index in [1.54, 1.807) is 0 Å². The number of halogens is 3. The van der Waals surface area contributed by atoms with E-state index in [2.05, 4.69) is 83.6 Å². The molecule has 2 aromatic rings. The predicted octanol–water partition coefficient (Wildman–Crippen LogP) is 5.42. The van der Waals surface area contributed by atoms with Crippen molar-refractivity contribution >= 4 is 60.3 Å². The van der Waals surface area contributed by atoms with Crippen LogP contribution in [0.3, 0.4) is 0 Å². The zero-order chi connectivity index (χ0) is 14.9. The van der Waals surface area contributed by atoms with Crippen LogP contribution >= 0.6 is 54.5 Å². The van der Waals surface area contributed by atoms with Gasteiger partial charge in [-0.25, -0.2) is 9.97 Å². The fraction of sp³-hybridized carbons (Fsp3) is 0.385. The summed E-state index contributed by atoms with van der Waals surface area (Å²) in [6.45, 7) is 7.11. The number of furan rings is 1. The number of hydrogen-bond donors (Lipinski definition) is 1. The second kappa shape index (κ2) is 6.74. The van der Waals surface area contributed by atoms with Crippen molar-refractivity contribution in [3.63, 3.8) is 0 Å². The SMILES string of the molecule is CCNc1nc(-c2cc(Br)c(Br)o2)nc(C(C)C)c1I. The van der Waals surface area contributed by atoms with Gasteiger partial charge in [0.15, 0.2) is 16.3 Å². The van der Waals surface area contributed by atoms with Crippen LogP contribution in [-0.2, 0) is 0 Å². The van der Waals surface area contributed by atoms with E-state index in [-0.39, 0.29) is 0 Å². The van der Waals surface area contributed by atoms with Gasteiger partial charge in [-0.1, -0.05) is 13.8 Å². The van der Waals surface area contributed by atoms with Gasteiger partial charge in [0.05, 0.1) is 13.7 Å². The summed E-state index contributed by atoms with van der Waals surface area (Å²) in [5, 5.41) is 3.28. The Hall–Kier alpha value is -0.150. The van der Waals surface area contributed by atoms with Crippen LogP contribution in [0.5, 0.6) is 0 Å². The van der Waals surface area contributed by atoms with Crippen LogP contribution in [0.1, 0.15) is 32.4 Å². The summed E-state index contributed by atoms with van der Waals surface area (Å²) < 4.78 is 8.18. The minimum atomic E-state index is 0.322. The highest BCUT2D eigenvalue weighted by Crippen LogP contribution is 2.33. The highest BCUT2D eigenvalue weighted by atomic mass is 127. The zero-order valence-electron chi connectivity index (χ0n) is 11.3. The Labute approximate surface area is 148 Å². The Balaban J connectivity index is 2.58. The van der Waals surface area contributed by atoms with Crippen LogP contribution in [0, 0.1) is 3.57 Å². The van der Waals surface area contributed by atoms with Gasteiger partial charge < -0.3 is 9.73 Å². The summed E-state index contributed by atoms with van der Waals surface area (Å²) >= 11 is 9.04. The minimum absolute atomic E-state index is 0.322. The number of anilines is 1. The Bertz CT molecular complexity index is 609. The van der Waals surface area contributed by atoms with Crippen LogP contribution in [0.4, 0.5) is 5.82 Å². The molecule has 0 aromatic carbocycles. The lowest BCUT2D eigenvalue weighted by atomic mass is 10.1. The third-order valence-corrected chi connectivity index (χ3v) is 5.41. The normalized spacial score (nSPS) is 11.2. The van der Waals surface area contributed by atoms with Crippen molar-refractivity contribution in [2.75, 3.05) is 11.9 Å². The maximum absolute atomic E-state index is 5.62. The fourth-order valence-electron chi connectivity index (χ4n) is 1.70. The summed E-state index contributed by atoms with van der Waals surface area (Å²) in [6, 6.07) is 1.87. The average molecular weight is 515 g/mol. The van der Waals surface area contributed by atoms with E-state index in [0.29, 0.717) is 22.2 Å². The van der Waals surface area contributed by atoms with E-state index in [9.17, 15) is 0 Å². The minimum Gasteiger partial charge on any atom is -0.445 e. The van der Waals surface area contributed by atoms with Crippen molar-refractivity contribution in [1.82, 2.24) is 9.97 Å². The molecule has 0 spiro atoms. The summed E-state index contributed by atoms with van der Waals surface area (Å²) in [7, 11) is 0.